The van der Waals surface area contributed by atoms with Gasteiger partial charge in [0.2, 0.25) is 5.88 Å². The molecule has 0 radical (unpaired) electrons. The summed E-state index contributed by atoms with van der Waals surface area (Å²) in [6, 6.07) is 32.7. The number of ether oxygens (including phenoxy) is 1. The number of nitrogens with zero attached hydrogens (tertiary/aromatic N) is 2. The van der Waals surface area contributed by atoms with E-state index in [1.165, 1.54) is 0 Å². The zero-order valence-corrected chi connectivity index (χ0v) is 22.9. The molecule has 37 heavy (non-hydrogen) atoms. The van der Waals surface area contributed by atoms with E-state index in [4.69, 9.17) is 9.72 Å². The highest BCUT2D eigenvalue weighted by Gasteiger charge is 2.43. The third-order valence-electron chi connectivity index (χ3n) is 7.11. The molecule has 0 saturated heterocycles. The number of hydrogen-bond donors (Lipinski definition) is 1. The Morgan fingerprint density at radius 1 is 0.892 bits per heavy atom. The minimum atomic E-state index is -1.25. The molecule has 0 aliphatic rings. The molecule has 5 rings (SSSR count). The van der Waals surface area contributed by atoms with Gasteiger partial charge in [-0.3, -0.25) is 0 Å². The predicted octanol–water partition coefficient (Wildman–Crippen LogP) is 7.13. The molecule has 1 N–H and O–H groups in total. The number of pyridine rings is 1. The molecule has 0 spiro atoms. The summed E-state index contributed by atoms with van der Waals surface area (Å²) in [7, 11) is 5.72. The van der Waals surface area contributed by atoms with Gasteiger partial charge in [0.25, 0.3) is 0 Å². The number of methoxy groups -OCH3 is 1. The van der Waals surface area contributed by atoms with Gasteiger partial charge in [-0.1, -0.05) is 94.8 Å². The predicted molar refractivity (Wildman–Crippen MR) is 155 cm³/mol. The third-order valence-corrected chi connectivity index (χ3v) is 7.80. The lowest BCUT2D eigenvalue weighted by Crippen LogP contribution is -2.38. The largest absolute Gasteiger partial charge is 0.481 e. The summed E-state index contributed by atoms with van der Waals surface area (Å²) in [6.07, 6.45) is 0.519. The minimum Gasteiger partial charge on any atom is -0.481 e. The maximum Gasteiger partial charge on any atom is 0.217 e. The Balaban J connectivity index is 1.85. The van der Waals surface area contributed by atoms with Crippen molar-refractivity contribution in [2.45, 2.75) is 17.9 Å². The molecule has 2 unspecified atom stereocenters. The normalized spacial score (nSPS) is 14.1. The van der Waals surface area contributed by atoms with Crippen molar-refractivity contribution in [2.24, 2.45) is 0 Å². The first kappa shape index (κ1) is 25.4. The molecular weight excluding hydrogens is 524 g/mol. The van der Waals surface area contributed by atoms with E-state index in [9.17, 15) is 5.11 Å². The van der Waals surface area contributed by atoms with E-state index >= 15 is 0 Å². The van der Waals surface area contributed by atoms with Crippen LogP contribution in [0.4, 0.5) is 0 Å². The summed E-state index contributed by atoms with van der Waals surface area (Å²) < 4.78 is 6.85. The fourth-order valence-electron chi connectivity index (χ4n) is 5.32. The van der Waals surface area contributed by atoms with E-state index in [0.717, 1.165) is 42.8 Å². The van der Waals surface area contributed by atoms with Crippen molar-refractivity contribution in [3.05, 3.63) is 118 Å². The van der Waals surface area contributed by atoms with Gasteiger partial charge < -0.3 is 14.7 Å². The standard InChI is InChI=1S/C32H31BrN2O2/c1-35(2)20-19-32(36,27-16-9-14-22-11-7-8-15-24(22)27)30(23-12-5-4-6-13-23)26-21-25-28(33)17-10-18-29(25)34-31(26)37-3/h4-18,21,30,36H,19-20H2,1-3H3. The number of rotatable bonds is 8. The van der Waals surface area contributed by atoms with Gasteiger partial charge >= 0.3 is 0 Å². The van der Waals surface area contributed by atoms with Gasteiger partial charge in [0.15, 0.2) is 0 Å². The number of aliphatic hydroxyl groups is 1. The Morgan fingerprint density at radius 2 is 1.59 bits per heavy atom. The van der Waals surface area contributed by atoms with E-state index in [1.54, 1.807) is 7.11 Å². The van der Waals surface area contributed by atoms with Crippen LogP contribution in [-0.4, -0.2) is 42.7 Å². The van der Waals surface area contributed by atoms with Gasteiger partial charge in [0.1, 0.15) is 5.60 Å². The summed E-state index contributed by atoms with van der Waals surface area (Å²) in [4.78, 5) is 7.01. The molecule has 0 fully saturated rings. The Bertz CT molecular complexity index is 1530. The van der Waals surface area contributed by atoms with E-state index in [1.807, 2.05) is 68.7 Å². The summed E-state index contributed by atoms with van der Waals surface area (Å²) in [5.74, 6) is 0.0846. The summed E-state index contributed by atoms with van der Waals surface area (Å²) in [5.41, 5.74) is 2.33. The van der Waals surface area contributed by atoms with Gasteiger partial charge in [0.05, 0.1) is 12.6 Å². The zero-order chi connectivity index (χ0) is 26.0. The zero-order valence-electron chi connectivity index (χ0n) is 21.4. The third kappa shape index (κ3) is 4.87. The molecule has 5 aromatic rings. The van der Waals surface area contributed by atoms with Gasteiger partial charge in [-0.2, -0.15) is 0 Å². The van der Waals surface area contributed by atoms with Gasteiger partial charge in [-0.05, 0) is 60.6 Å². The molecule has 0 saturated carbocycles. The van der Waals surface area contributed by atoms with E-state index < -0.39 is 11.5 Å². The maximum absolute atomic E-state index is 13.0. The van der Waals surface area contributed by atoms with Crippen LogP contribution < -0.4 is 4.74 Å². The first-order valence-corrected chi connectivity index (χ1v) is 13.2. The van der Waals surface area contributed by atoms with E-state index in [2.05, 4.69) is 63.3 Å². The molecule has 1 heterocycles. The second-order valence-electron chi connectivity index (χ2n) is 9.74. The molecule has 4 nitrogen and oxygen atoms in total. The van der Waals surface area contributed by atoms with Crippen molar-refractivity contribution in [3.8, 4) is 5.88 Å². The first-order chi connectivity index (χ1) is 17.9. The average molecular weight is 556 g/mol. The Labute approximate surface area is 226 Å². The van der Waals surface area contributed by atoms with Gasteiger partial charge in [-0.15, -0.1) is 0 Å². The van der Waals surface area contributed by atoms with Crippen molar-refractivity contribution in [1.29, 1.82) is 0 Å². The van der Waals surface area contributed by atoms with Crippen LogP contribution in [0, 0.1) is 0 Å². The fraction of sp³-hybridized carbons (Fsp3) is 0.219. The Morgan fingerprint density at radius 3 is 2.35 bits per heavy atom. The van der Waals surface area contributed by atoms with Crippen LogP contribution in [0.3, 0.4) is 0 Å². The highest BCUT2D eigenvalue weighted by Crippen LogP contribution is 2.49. The second kappa shape index (κ2) is 10.6. The molecule has 0 amide bonds. The highest BCUT2D eigenvalue weighted by molar-refractivity contribution is 9.10. The van der Waals surface area contributed by atoms with Crippen LogP contribution in [0.5, 0.6) is 5.88 Å². The molecule has 0 bridgehead atoms. The molecule has 188 valence electrons. The van der Waals surface area contributed by atoms with E-state index in [-0.39, 0.29) is 0 Å². The minimum absolute atomic E-state index is 0.432. The monoisotopic (exact) mass is 554 g/mol. The topological polar surface area (TPSA) is 45.6 Å². The average Bonchev–Trinajstić information content (AvgIpc) is 2.92. The van der Waals surface area contributed by atoms with E-state index in [0.29, 0.717) is 18.8 Å². The highest BCUT2D eigenvalue weighted by atomic mass is 79.9. The van der Waals surface area contributed by atoms with Crippen LogP contribution in [0.1, 0.15) is 29.0 Å². The smallest absolute Gasteiger partial charge is 0.217 e. The number of fused-ring (bicyclic) bond motifs is 2. The Kier molecular flexibility index (Phi) is 7.29. The first-order valence-electron chi connectivity index (χ1n) is 12.5. The lowest BCUT2D eigenvalue weighted by atomic mass is 9.70. The lowest BCUT2D eigenvalue weighted by molar-refractivity contribution is 0.00520. The lowest BCUT2D eigenvalue weighted by Gasteiger charge is -2.39. The molecule has 2 atom stereocenters. The second-order valence-corrected chi connectivity index (χ2v) is 10.6. The number of hydrogen-bond acceptors (Lipinski definition) is 4. The summed E-state index contributed by atoms with van der Waals surface area (Å²) in [6.45, 7) is 0.704. The van der Waals surface area contributed by atoms with Gasteiger partial charge in [-0.25, -0.2) is 4.98 Å². The van der Waals surface area contributed by atoms with Crippen molar-refractivity contribution in [2.75, 3.05) is 27.7 Å². The van der Waals surface area contributed by atoms with Crippen LogP contribution >= 0.6 is 15.9 Å². The maximum atomic E-state index is 13.0. The van der Waals surface area contributed by atoms with Crippen molar-refractivity contribution in [3.63, 3.8) is 0 Å². The number of halogens is 1. The van der Waals surface area contributed by atoms with Gasteiger partial charge in [0, 0.05) is 27.9 Å². The van der Waals surface area contributed by atoms with Crippen LogP contribution in [0.25, 0.3) is 21.7 Å². The van der Waals surface area contributed by atoms with Crippen molar-refractivity contribution < 1.29 is 9.84 Å². The molecule has 5 heteroatoms. The molecule has 0 aliphatic carbocycles. The Hall–Kier alpha value is -3.25. The van der Waals surface area contributed by atoms with Crippen LogP contribution in [0.2, 0.25) is 0 Å². The molecular formula is C32H31BrN2O2. The summed E-state index contributed by atoms with van der Waals surface area (Å²) >= 11 is 3.71. The number of aromatic nitrogens is 1. The van der Waals surface area contributed by atoms with Crippen LogP contribution in [-0.2, 0) is 5.60 Å². The van der Waals surface area contributed by atoms with Crippen LogP contribution in [0.15, 0.2) is 102 Å². The summed E-state index contributed by atoms with van der Waals surface area (Å²) in [5, 5.41) is 16.2. The number of benzene rings is 4. The quantitative estimate of drug-likeness (QED) is 0.221. The molecule has 4 aromatic carbocycles. The molecule has 0 aliphatic heterocycles. The van der Waals surface area contributed by atoms with Crippen molar-refractivity contribution >= 4 is 37.6 Å². The molecule has 1 aromatic heterocycles. The fourth-order valence-corrected chi connectivity index (χ4v) is 5.79. The van der Waals surface area contributed by atoms with Crippen molar-refractivity contribution in [1.82, 2.24) is 9.88 Å². The SMILES string of the molecule is COc1nc2cccc(Br)c2cc1C(c1ccccc1)C(O)(CCN(C)C)c1cccc2ccccc12.